The summed E-state index contributed by atoms with van der Waals surface area (Å²) in [5.41, 5.74) is 17.0. The van der Waals surface area contributed by atoms with Gasteiger partial charge in [0.1, 0.15) is 9.88 Å². The Bertz CT molecular complexity index is 583. The predicted molar refractivity (Wildman–Crippen MR) is 89.1 cm³/mol. The van der Waals surface area contributed by atoms with E-state index in [0.717, 1.165) is 36.6 Å². The number of carbonyl (C=O) groups is 2. The molecular weight excluding hydrogens is 308 g/mol. The molecule has 1 aliphatic heterocycles. The van der Waals surface area contributed by atoms with Crippen molar-refractivity contribution in [3.63, 3.8) is 0 Å². The van der Waals surface area contributed by atoms with Crippen LogP contribution in [0, 0.1) is 0 Å². The van der Waals surface area contributed by atoms with Crippen LogP contribution in [0.3, 0.4) is 0 Å². The topological polar surface area (TPSA) is 115 Å². The fourth-order valence-electron chi connectivity index (χ4n) is 2.30. The minimum atomic E-state index is -0.629. The Hall–Kier alpha value is -1.41. The predicted octanol–water partition coefficient (Wildman–Crippen LogP) is 1.25. The maximum Gasteiger partial charge on any atom is 0.260 e. The van der Waals surface area contributed by atoms with E-state index in [1.165, 1.54) is 0 Å². The molecule has 1 saturated heterocycles. The minimum absolute atomic E-state index is 0.103. The van der Waals surface area contributed by atoms with Crippen LogP contribution in [0.4, 0.5) is 10.7 Å². The van der Waals surface area contributed by atoms with Crippen LogP contribution in [0.1, 0.15) is 40.3 Å². The number of rotatable bonds is 3. The lowest BCUT2D eigenvalue weighted by atomic mass is 10.1. The number of amides is 2. The fraction of sp³-hybridized carbons (Fsp3) is 0.538. The minimum Gasteiger partial charge on any atom is -0.397 e. The second-order valence-electron chi connectivity index (χ2n) is 5.60. The molecule has 0 aliphatic carbocycles. The van der Waals surface area contributed by atoms with E-state index < -0.39 is 11.8 Å². The lowest BCUT2D eigenvalue weighted by Crippen LogP contribution is -2.28. The van der Waals surface area contributed by atoms with Crippen molar-refractivity contribution in [1.29, 1.82) is 0 Å². The molecule has 2 heterocycles. The summed E-state index contributed by atoms with van der Waals surface area (Å²) in [5.74, 6) is -0.312. The van der Waals surface area contributed by atoms with Gasteiger partial charge in [-0.2, -0.15) is 11.8 Å². The number of nitrogen functional groups attached to an aromatic ring is 1. The largest absolute Gasteiger partial charge is 0.397 e. The van der Waals surface area contributed by atoms with Crippen molar-refractivity contribution in [1.82, 2.24) is 0 Å². The average molecular weight is 328 g/mol. The summed E-state index contributed by atoms with van der Waals surface area (Å²) in [5, 5.41) is 0.659. The molecule has 6 nitrogen and oxygen atoms in total. The first-order chi connectivity index (χ1) is 9.73. The second kappa shape index (κ2) is 5.76. The van der Waals surface area contributed by atoms with Gasteiger partial charge in [-0.05, 0) is 6.42 Å². The molecule has 0 radical (unpaired) electrons. The van der Waals surface area contributed by atoms with E-state index in [-0.39, 0.29) is 20.9 Å². The van der Waals surface area contributed by atoms with Crippen LogP contribution in [0.2, 0.25) is 0 Å². The molecule has 0 atom stereocenters. The summed E-state index contributed by atoms with van der Waals surface area (Å²) in [6.45, 7) is 5.98. The van der Waals surface area contributed by atoms with Crippen LogP contribution in [0.15, 0.2) is 0 Å². The summed E-state index contributed by atoms with van der Waals surface area (Å²) < 4.78 is 0.191. The van der Waals surface area contributed by atoms with Gasteiger partial charge in [-0.3, -0.25) is 9.59 Å². The van der Waals surface area contributed by atoms with E-state index in [9.17, 15) is 9.59 Å². The Morgan fingerprint density at radius 2 is 1.86 bits per heavy atom. The van der Waals surface area contributed by atoms with Crippen LogP contribution in [-0.4, -0.2) is 35.4 Å². The van der Waals surface area contributed by atoms with E-state index in [4.69, 9.17) is 17.2 Å². The molecule has 116 valence electrons. The molecule has 1 aliphatic rings. The number of nitrogens with zero attached hydrogens (tertiary/aromatic N) is 1. The van der Waals surface area contributed by atoms with Crippen molar-refractivity contribution in [2.45, 2.75) is 25.0 Å². The van der Waals surface area contributed by atoms with E-state index in [2.05, 4.69) is 18.7 Å². The zero-order chi connectivity index (χ0) is 15.8. The SMILES string of the molecule is CC1(C)CCN(c2sc(C(N)=O)c(N)c2C(N)=O)CCS1. The highest BCUT2D eigenvalue weighted by Crippen LogP contribution is 2.40. The standard InChI is InChI=1S/C13H20N4O2S2/c1-13(2)3-4-17(5-6-20-13)12-7(10(15)18)8(14)9(21-12)11(16)19/h3-6,14H2,1-2H3,(H2,15,18)(H2,16,19). The number of thioether (sulfide) groups is 1. The Labute approximate surface area is 132 Å². The highest BCUT2D eigenvalue weighted by molar-refractivity contribution is 8.00. The molecule has 1 aromatic heterocycles. The third kappa shape index (κ3) is 3.26. The van der Waals surface area contributed by atoms with Gasteiger partial charge in [0.05, 0.1) is 11.3 Å². The van der Waals surface area contributed by atoms with Gasteiger partial charge >= 0.3 is 0 Å². The van der Waals surface area contributed by atoms with Crippen LogP contribution in [0.25, 0.3) is 0 Å². The summed E-state index contributed by atoms with van der Waals surface area (Å²) in [6.07, 6.45) is 0.972. The molecular formula is C13H20N4O2S2. The van der Waals surface area contributed by atoms with Crippen molar-refractivity contribution in [2.24, 2.45) is 11.5 Å². The maximum atomic E-state index is 11.7. The van der Waals surface area contributed by atoms with Crippen molar-refractivity contribution in [2.75, 3.05) is 29.5 Å². The van der Waals surface area contributed by atoms with E-state index in [1.54, 1.807) is 0 Å². The summed E-state index contributed by atoms with van der Waals surface area (Å²) in [6, 6.07) is 0. The zero-order valence-electron chi connectivity index (χ0n) is 12.1. The van der Waals surface area contributed by atoms with Gasteiger partial charge in [-0.1, -0.05) is 13.8 Å². The van der Waals surface area contributed by atoms with Gasteiger partial charge in [-0.25, -0.2) is 0 Å². The lowest BCUT2D eigenvalue weighted by Gasteiger charge is -2.23. The van der Waals surface area contributed by atoms with Crippen molar-refractivity contribution in [3.8, 4) is 0 Å². The third-order valence-electron chi connectivity index (χ3n) is 3.52. The smallest absolute Gasteiger partial charge is 0.260 e. The molecule has 1 fully saturated rings. The molecule has 6 N–H and O–H groups in total. The number of primary amides is 2. The molecule has 1 aromatic rings. The van der Waals surface area contributed by atoms with Gasteiger partial charge in [0.15, 0.2) is 0 Å². The van der Waals surface area contributed by atoms with Gasteiger partial charge in [-0.15, -0.1) is 11.3 Å². The fourth-order valence-corrected chi connectivity index (χ4v) is 4.53. The number of carbonyl (C=O) groups excluding carboxylic acids is 2. The van der Waals surface area contributed by atoms with Crippen LogP contribution in [0.5, 0.6) is 0 Å². The van der Waals surface area contributed by atoms with E-state index >= 15 is 0 Å². The number of anilines is 2. The first-order valence-electron chi connectivity index (χ1n) is 6.63. The molecule has 0 bridgehead atoms. The molecule has 2 amide bonds. The molecule has 0 spiro atoms. The van der Waals surface area contributed by atoms with Gasteiger partial charge < -0.3 is 22.1 Å². The first kappa shape index (κ1) is 16.0. The lowest BCUT2D eigenvalue weighted by molar-refractivity contribution is 0.0999. The normalized spacial score (nSPS) is 18.3. The van der Waals surface area contributed by atoms with E-state index in [0.29, 0.717) is 5.00 Å². The Morgan fingerprint density at radius 3 is 2.43 bits per heavy atom. The first-order valence-corrected chi connectivity index (χ1v) is 8.44. The molecule has 2 rings (SSSR count). The second-order valence-corrected chi connectivity index (χ2v) is 8.40. The summed E-state index contributed by atoms with van der Waals surface area (Å²) in [7, 11) is 0. The van der Waals surface area contributed by atoms with Gasteiger partial charge in [0.2, 0.25) is 0 Å². The molecule has 0 aromatic carbocycles. The number of hydrogen-bond acceptors (Lipinski definition) is 6. The van der Waals surface area contributed by atoms with Crippen LogP contribution >= 0.6 is 23.1 Å². The number of nitrogens with two attached hydrogens (primary N) is 3. The Morgan fingerprint density at radius 1 is 1.19 bits per heavy atom. The maximum absolute atomic E-state index is 11.7. The quantitative estimate of drug-likeness (QED) is 0.772. The average Bonchev–Trinajstić information content (AvgIpc) is 2.60. The molecule has 0 saturated carbocycles. The summed E-state index contributed by atoms with van der Waals surface area (Å²) >= 11 is 3.05. The zero-order valence-corrected chi connectivity index (χ0v) is 13.8. The monoisotopic (exact) mass is 328 g/mol. The van der Waals surface area contributed by atoms with Gasteiger partial charge in [0.25, 0.3) is 11.8 Å². The number of thiophene rings is 1. The third-order valence-corrected chi connectivity index (χ3v) is 6.17. The highest BCUT2D eigenvalue weighted by atomic mass is 32.2. The van der Waals surface area contributed by atoms with Crippen LogP contribution < -0.4 is 22.1 Å². The molecule has 0 unspecified atom stereocenters. The van der Waals surface area contributed by atoms with E-state index in [1.807, 2.05) is 11.8 Å². The highest BCUT2D eigenvalue weighted by Gasteiger charge is 2.29. The van der Waals surface area contributed by atoms with Crippen molar-refractivity contribution in [3.05, 3.63) is 10.4 Å². The van der Waals surface area contributed by atoms with Crippen molar-refractivity contribution < 1.29 is 9.59 Å². The molecule has 21 heavy (non-hydrogen) atoms. The Kier molecular flexibility index (Phi) is 4.38. The van der Waals surface area contributed by atoms with Crippen molar-refractivity contribution >= 4 is 45.6 Å². The Balaban J connectivity index is 2.41. The summed E-state index contributed by atoms with van der Waals surface area (Å²) in [4.78, 5) is 25.4. The number of hydrogen-bond donors (Lipinski definition) is 3. The van der Waals surface area contributed by atoms with Gasteiger partial charge in [0, 0.05) is 23.6 Å². The molecule has 8 heteroatoms. The van der Waals surface area contributed by atoms with Crippen LogP contribution in [-0.2, 0) is 0 Å².